The van der Waals surface area contributed by atoms with Crippen LogP contribution in [0.15, 0.2) is 157 Å². The van der Waals surface area contributed by atoms with Gasteiger partial charge < -0.3 is 14.7 Å². The maximum absolute atomic E-state index is 11.4. The van der Waals surface area contributed by atoms with Crippen molar-refractivity contribution in [2.75, 3.05) is 4.90 Å². The van der Waals surface area contributed by atoms with Crippen LogP contribution < -0.4 is 9.64 Å². The van der Waals surface area contributed by atoms with Crippen LogP contribution in [0, 0.1) is 11.3 Å². The van der Waals surface area contributed by atoms with Gasteiger partial charge in [0, 0.05) is 33.8 Å². The lowest BCUT2D eigenvalue weighted by Crippen LogP contribution is -2.34. The third-order valence-corrected chi connectivity index (χ3v) is 8.25. The topological polar surface area (TPSA) is 73.6 Å². The Morgan fingerprint density at radius 1 is 0.717 bits per heavy atom. The Kier molecular flexibility index (Phi) is 7.38. The van der Waals surface area contributed by atoms with E-state index >= 15 is 0 Å². The van der Waals surface area contributed by atoms with E-state index in [0.29, 0.717) is 5.56 Å². The Balaban J connectivity index is 1.30. The molecule has 220 valence electrons. The molecule has 6 aromatic carbocycles. The maximum Gasteiger partial charge on any atom is 0.346 e. The summed E-state index contributed by atoms with van der Waals surface area (Å²) in [5.74, 6) is -0.495. The molecule has 5 nitrogen and oxygen atoms in total. The van der Waals surface area contributed by atoms with Crippen molar-refractivity contribution in [1.29, 1.82) is 5.26 Å². The highest BCUT2D eigenvalue weighted by molar-refractivity contribution is 5.97. The molecular weight excluding hydrogens is 568 g/mol. The van der Waals surface area contributed by atoms with Gasteiger partial charge in [-0.3, -0.25) is 0 Å². The van der Waals surface area contributed by atoms with Gasteiger partial charge in [0.2, 0.25) is 0 Å². The van der Waals surface area contributed by atoms with Gasteiger partial charge >= 0.3 is 5.97 Å². The summed E-state index contributed by atoms with van der Waals surface area (Å²) in [5.41, 5.74) is 5.44. The number of ether oxygens (including phenoxy) is 1. The molecule has 1 N–H and O–H groups in total. The van der Waals surface area contributed by atoms with Crippen LogP contribution in [-0.2, 0) is 10.4 Å². The third kappa shape index (κ3) is 5.19. The smallest absolute Gasteiger partial charge is 0.346 e. The van der Waals surface area contributed by atoms with E-state index in [1.165, 1.54) is 6.08 Å². The van der Waals surface area contributed by atoms with Gasteiger partial charge in [-0.1, -0.05) is 103 Å². The monoisotopic (exact) mass is 596 g/mol. The lowest BCUT2D eigenvalue weighted by Gasteiger charge is -2.36. The lowest BCUT2D eigenvalue weighted by molar-refractivity contribution is -0.132. The molecule has 0 aromatic heterocycles. The fourth-order valence-electron chi connectivity index (χ4n) is 6.03. The Bertz CT molecular complexity index is 2110. The van der Waals surface area contributed by atoms with Crippen molar-refractivity contribution >= 4 is 46.0 Å². The second-order valence-electron chi connectivity index (χ2n) is 11.0. The number of fused-ring (bicyclic) bond motifs is 3. The van der Waals surface area contributed by atoms with Crippen molar-refractivity contribution in [1.82, 2.24) is 0 Å². The van der Waals surface area contributed by atoms with Gasteiger partial charge in [-0.25, -0.2) is 4.79 Å². The summed E-state index contributed by atoms with van der Waals surface area (Å²) in [5, 5.41) is 20.6. The van der Waals surface area contributed by atoms with E-state index in [4.69, 9.17) is 4.74 Å². The van der Waals surface area contributed by atoms with Crippen molar-refractivity contribution in [3.05, 3.63) is 179 Å². The predicted octanol–water partition coefficient (Wildman–Crippen LogP) is 9.65. The summed E-state index contributed by atoms with van der Waals surface area (Å²) in [4.78, 5) is 13.6. The molecule has 0 amide bonds. The first-order chi connectivity index (χ1) is 22.6. The molecule has 0 aliphatic carbocycles. The number of carboxylic acids is 1. The van der Waals surface area contributed by atoms with Crippen molar-refractivity contribution in [3.8, 4) is 11.8 Å². The largest absolute Gasteiger partial charge is 0.477 e. The highest BCUT2D eigenvalue weighted by atomic mass is 16.5. The van der Waals surface area contributed by atoms with Gasteiger partial charge in [-0.2, -0.15) is 5.26 Å². The molecule has 1 aliphatic rings. The van der Waals surface area contributed by atoms with E-state index in [0.717, 1.165) is 50.3 Å². The van der Waals surface area contributed by atoms with E-state index in [-0.39, 0.29) is 5.57 Å². The summed E-state index contributed by atoms with van der Waals surface area (Å²) in [7, 11) is 0. The van der Waals surface area contributed by atoms with Gasteiger partial charge in [-0.05, 0) is 77.0 Å². The Labute approximate surface area is 267 Å². The molecule has 5 heteroatoms. The number of benzene rings is 6. The number of aliphatic carboxylic acids is 1. The van der Waals surface area contributed by atoms with Gasteiger partial charge in [0.15, 0.2) is 5.60 Å². The van der Waals surface area contributed by atoms with Crippen LogP contribution in [0.4, 0.5) is 17.1 Å². The quantitative estimate of drug-likeness (QED) is 0.147. The standard InChI is InChI=1S/C41H28N2O3/c42-28-31(40(44)45)26-29-16-19-33(20-17-29)41(32-10-4-1-5-11-32)25-24-38-37-22-21-36(27-30(37)18-23-39(38)46-41)43(34-12-6-2-7-13-34)35-14-8-3-9-15-35/h1-27H,(H,44,45)/b31-26-. The highest BCUT2D eigenvalue weighted by Gasteiger charge is 2.37. The number of nitrogens with zero attached hydrogens (tertiary/aromatic N) is 2. The number of hydrogen-bond donors (Lipinski definition) is 1. The van der Waals surface area contributed by atoms with Crippen LogP contribution in [0.1, 0.15) is 22.3 Å². The fraction of sp³-hybridized carbons (Fsp3) is 0.0244. The van der Waals surface area contributed by atoms with Crippen LogP contribution in [-0.4, -0.2) is 11.1 Å². The normalized spacial score (nSPS) is 15.4. The first kappa shape index (κ1) is 28.4. The van der Waals surface area contributed by atoms with E-state index in [2.05, 4.69) is 65.6 Å². The van der Waals surface area contributed by atoms with Crippen molar-refractivity contribution in [2.24, 2.45) is 0 Å². The fourth-order valence-corrected chi connectivity index (χ4v) is 6.03. The molecule has 6 aromatic rings. The average Bonchev–Trinajstić information content (AvgIpc) is 3.11. The molecule has 7 rings (SSSR count). The van der Waals surface area contributed by atoms with Crippen LogP contribution >= 0.6 is 0 Å². The number of hydrogen-bond acceptors (Lipinski definition) is 4. The lowest BCUT2D eigenvalue weighted by atomic mass is 9.83. The van der Waals surface area contributed by atoms with Crippen molar-refractivity contribution in [3.63, 3.8) is 0 Å². The average molecular weight is 597 g/mol. The van der Waals surface area contributed by atoms with E-state index in [9.17, 15) is 15.2 Å². The predicted molar refractivity (Wildman–Crippen MR) is 183 cm³/mol. The molecule has 1 atom stereocenters. The minimum Gasteiger partial charge on any atom is -0.477 e. The zero-order chi connectivity index (χ0) is 31.5. The summed E-state index contributed by atoms with van der Waals surface area (Å²) in [6, 6.07) is 50.5. The van der Waals surface area contributed by atoms with Gasteiger partial charge in [-0.15, -0.1) is 0 Å². The number of carboxylic acid groups (broad SMARTS) is 1. The van der Waals surface area contributed by atoms with Crippen LogP contribution in [0.5, 0.6) is 5.75 Å². The van der Waals surface area contributed by atoms with Crippen LogP contribution in [0.3, 0.4) is 0 Å². The molecule has 0 radical (unpaired) electrons. The molecule has 0 saturated carbocycles. The molecule has 46 heavy (non-hydrogen) atoms. The zero-order valence-electron chi connectivity index (χ0n) is 24.7. The van der Waals surface area contributed by atoms with Crippen LogP contribution in [0.2, 0.25) is 0 Å². The molecule has 1 unspecified atom stereocenters. The summed E-state index contributed by atoms with van der Waals surface area (Å²) < 4.78 is 6.94. The second kappa shape index (κ2) is 12.0. The summed E-state index contributed by atoms with van der Waals surface area (Å²) in [6.45, 7) is 0. The van der Waals surface area contributed by atoms with E-state index in [1.807, 2.05) is 84.9 Å². The number of para-hydroxylation sites is 2. The molecular formula is C41H28N2O3. The minimum absolute atomic E-state index is 0.320. The molecule has 0 fully saturated rings. The first-order valence-corrected chi connectivity index (χ1v) is 14.9. The van der Waals surface area contributed by atoms with Gasteiger partial charge in [0.25, 0.3) is 0 Å². The maximum atomic E-state index is 11.4. The van der Waals surface area contributed by atoms with E-state index < -0.39 is 11.6 Å². The van der Waals surface area contributed by atoms with Gasteiger partial charge in [0.05, 0.1) is 0 Å². The number of anilines is 3. The van der Waals surface area contributed by atoms with Crippen LogP contribution in [0.25, 0.3) is 22.9 Å². The minimum atomic E-state index is -1.25. The molecule has 0 bridgehead atoms. The summed E-state index contributed by atoms with van der Waals surface area (Å²) in [6.07, 6.45) is 5.58. The Hall–Kier alpha value is -6.38. The Morgan fingerprint density at radius 3 is 1.93 bits per heavy atom. The first-order valence-electron chi connectivity index (χ1n) is 14.9. The molecule has 1 aliphatic heterocycles. The number of rotatable bonds is 7. The Morgan fingerprint density at radius 2 is 1.33 bits per heavy atom. The number of nitriles is 1. The highest BCUT2D eigenvalue weighted by Crippen LogP contribution is 2.45. The van der Waals surface area contributed by atoms with Gasteiger partial charge in [0.1, 0.15) is 17.4 Å². The third-order valence-electron chi connectivity index (χ3n) is 8.25. The van der Waals surface area contributed by atoms with Crippen molar-refractivity contribution in [2.45, 2.75) is 5.60 Å². The molecule has 0 saturated heterocycles. The molecule has 0 spiro atoms. The number of carbonyl (C=O) groups is 1. The van der Waals surface area contributed by atoms with Crippen molar-refractivity contribution < 1.29 is 14.6 Å². The zero-order valence-corrected chi connectivity index (χ0v) is 24.7. The molecule has 1 heterocycles. The summed E-state index contributed by atoms with van der Waals surface area (Å²) >= 11 is 0. The second-order valence-corrected chi connectivity index (χ2v) is 11.0. The SMILES string of the molecule is N#C/C(=C/c1ccc(C2(c3ccccc3)C=Cc3c(ccc4cc(N(c5ccccc5)c5ccccc5)ccc34)O2)cc1)C(=O)O. The van der Waals surface area contributed by atoms with E-state index in [1.54, 1.807) is 18.2 Å².